The average molecular weight is 431 g/mol. The summed E-state index contributed by atoms with van der Waals surface area (Å²) < 4.78 is 5.52. The van der Waals surface area contributed by atoms with Crippen LogP contribution in [0, 0.1) is 0 Å². The van der Waals surface area contributed by atoms with Crippen molar-refractivity contribution in [2.75, 3.05) is 20.1 Å². The monoisotopic (exact) mass is 430 g/mol. The molecule has 1 spiro atoms. The number of hydrogen-bond acceptors (Lipinski definition) is 5. The number of carbonyl (C=O) groups excluding carboxylic acids is 2. The van der Waals surface area contributed by atoms with Crippen LogP contribution in [-0.2, 0) is 17.9 Å². The molecular formula is C25H26N4O3. The first-order valence-corrected chi connectivity index (χ1v) is 10.9. The number of amides is 3. The zero-order chi connectivity index (χ0) is 22.1. The van der Waals surface area contributed by atoms with Gasteiger partial charge in [-0.3, -0.25) is 19.6 Å². The van der Waals surface area contributed by atoms with Crippen LogP contribution in [0.2, 0.25) is 0 Å². The Bertz CT molecular complexity index is 1110. The van der Waals surface area contributed by atoms with Crippen molar-refractivity contribution in [2.45, 2.75) is 31.5 Å². The Hall–Kier alpha value is -3.45. The first-order valence-electron chi connectivity index (χ1n) is 10.9. The number of carbonyl (C=O) groups is 2. The SMILES string of the molecule is CN1C(=O)N(Cc2cccnc2)C(=O)C12CCN(Cc1cccc(-c3ccco3)c1)CC2. The lowest BCUT2D eigenvalue weighted by Gasteiger charge is -2.40. The van der Waals surface area contributed by atoms with E-state index in [1.165, 1.54) is 10.5 Å². The number of rotatable bonds is 5. The highest BCUT2D eigenvalue weighted by Crippen LogP contribution is 2.37. The average Bonchev–Trinajstić information content (AvgIpc) is 3.42. The third-order valence-electron chi connectivity index (χ3n) is 6.69. The van der Waals surface area contributed by atoms with Gasteiger partial charge in [0.2, 0.25) is 0 Å². The van der Waals surface area contributed by atoms with Crippen LogP contribution in [0.1, 0.15) is 24.0 Å². The van der Waals surface area contributed by atoms with Crippen molar-refractivity contribution in [2.24, 2.45) is 0 Å². The molecule has 1 aromatic carbocycles. The van der Waals surface area contributed by atoms with Crippen molar-refractivity contribution in [3.8, 4) is 11.3 Å². The third-order valence-corrected chi connectivity index (χ3v) is 6.69. The van der Waals surface area contributed by atoms with Crippen LogP contribution in [0.25, 0.3) is 11.3 Å². The molecule has 0 saturated carbocycles. The van der Waals surface area contributed by atoms with E-state index in [1.54, 1.807) is 30.6 Å². The highest BCUT2D eigenvalue weighted by Gasteiger charge is 2.56. The zero-order valence-corrected chi connectivity index (χ0v) is 18.1. The predicted molar refractivity (Wildman–Crippen MR) is 119 cm³/mol. The van der Waals surface area contributed by atoms with Crippen LogP contribution in [0.3, 0.4) is 0 Å². The van der Waals surface area contributed by atoms with Gasteiger partial charge in [-0.2, -0.15) is 0 Å². The summed E-state index contributed by atoms with van der Waals surface area (Å²) in [5.74, 6) is 0.767. The van der Waals surface area contributed by atoms with Gasteiger partial charge in [0.25, 0.3) is 5.91 Å². The lowest BCUT2D eigenvalue weighted by Crippen LogP contribution is -2.55. The topological polar surface area (TPSA) is 69.9 Å². The molecule has 4 heterocycles. The molecule has 164 valence electrons. The quantitative estimate of drug-likeness (QED) is 0.577. The van der Waals surface area contributed by atoms with Gasteiger partial charge < -0.3 is 9.32 Å². The number of nitrogens with zero attached hydrogens (tertiary/aromatic N) is 4. The maximum Gasteiger partial charge on any atom is 0.327 e. The van der Waals surface area contributed by atoms with E-state index >= 15 is 0 Å². The first-order chi connectivity index (χ1) is 15.6. The molecule has 0 radical (unpaired) electrons. The molecule has 2 aliphatic heterocycles. The second-order valence-electron chi connectivity index (χ2n) is 8.58. The molecule has 3 aromatic rings. The highest BCUT2D eigenvalue weighted by atomic mass is 16.3. The van der Waals surface area contributed by atoms with Gasteiger partial charge in [0.15, 0.2) is 0 Å². The molecule has 7 nitrogen and oxygen atoms in total. The Balaban J connectivity index is 1.26. The Morgan fingerprint density at radius 1 is 1.00 bits per heavy atom. The number of benzene rings is 1. The molecule has 0 unspecified atom stereocenters. The van der Waals surface area contributed by atoms with E-state index in [0.717, 1.165) is 36.5 Å². The highest BCUT2D eigenvalue weighted by molar-refractivity contribution is 6.06. The predicted octanol–water partition coefficient (Wildman–Crippen LogP) is 3.77. The second kappa shape index (κ2) is 8.24. The van der Waals surface area contributed by atoms with Crippen molar-refractivity contribution in [1.82, 2.24) is 19.7 Å². The molecule has 2 fully saturated rings. The van der Waals surface area contributed by atoms with Gasteiger partial charge in [0.05, 0.1) is 12.8 Å². The summed E-state index contributed by atoms with van der Waals surface area (Å²) >= 11 is 0. The standard InChI is InChI=1S/C25H26N4O3/c1-27-24(31)29(18-20-6-3-11-26-16-20)23(30)25(27)9-12-28(13-10-25)17-19-5-2-7-21(15-19)22-8-4-14-32-22/h2-8,11,14-16H,9-10,12-13,17-18H2,1H3. The lowest BCUT2D eigenvalue weighted by atomic mass is 9.86. The van der Waals surface area contributed by atoms with Crippen molar-refractivity contribution in [1.29, 1.82) is 0 Å². The van der Waals surface area contributed by atoms with Crippen LogP contribution in [0.4, 0.5) is 4.79 Å². The number of aromatic nitrogens is 1. The molecule has 3 amide bonds. The normalized spacial score (nSPS) is 18.7. The number of likely N-dealkylation sites (tertiary alicyclic amines) is 1. The molecule has 7 heteroatoms. The molecule has 2 saturated heterocycles. The van der Waals surface area contributed by atoms with E-state index in [9.17, 15) is 9.59 Å². The maximum absolute atomic E-state index is 13.4. The summed E-state index contributed by atoms with van der Waals surface area (Å²) in [6.45, 7) is 2.58. The number of imide groups is 1. The summed E-state index contributed by atoms with van der Waals surface area (Å²) in [5.41, 5.74) is 2.37. The fourth-order valence-electron chi connectivity index (χ4n) is 4.81. The number of hydrogen-bond donors (Lipinski definition) is 0. The molecular weight excluding hydrogens is 404 g/mol. The fraction of sp³-hybridized carbons (Fsp3) is 0.320. The van der Waals surface area contributed by atoms with E-state index in [4.69, 9.17) is 4.42 Å². The molecule has 5 rings (SSSR count). The Labute approximate surface area is 187 Å². The van der Waals surface area contributed by atoms with Crippen LogP contribution < -0.4 is 0 Å². The van der Waals surface area contributed by atoms with Gasteiger partial charge in [0, 0.05) is 44.6 Å². The molecule has 32 heavy (non-hydrogen) atoms. The largest absolute Gasteiger partial charge is 0.464 e. The first kappa shape index (κ1) is 20.5. The van der Waals surface area contributed by atoms with Gasteiger partial charge in [0.1, 0.15) is 11.3 Å². The minimum atomic E-state index is -0.744. The molecule has 2 aromatic heterocycles. The summed E-state index contributed by atoms with van der Waals surface area (Å²) in [7, 11) is 1.76. The summed E-state index contributed by atoms with van der Waals surface area (Å²) in [4.78, 5) is 35.7. The van der Waals surface area contributed by atoms with Crippen molar-refractivity contribution in [3.05, 3.63) is 78.3 Å². The zero-order valence-electron chi connectivity index (χ0n) is 18.1. The summed E-state index contributed by atoms with van der Waals surface area (Å²) in [6.07, 6.45) is 6.33. The minimum Gasteiger partial charge on any atom is -0.464 e. The van der Waals surface area contributed by atoms with E-state index in [1.807, 2.05) is 36.4 Å². The van der Waals surface area contributed by atoms with Crippen molar-refractivity contribution >= 4 is 11.9 Å². The third kappa shape index (κ3) is 3.58. The molecule has 0 N–H and O–H groups in total. The molecule has 0 bridgehead atoms. The number of likely N-dealkylation sites (N-methyl/N-ethyl adjacent to an activating group) is 1. The van der Waals surface area contributed by atoms with E-state index in [0.29, 0.717) is 12.8 Å². The van der Waals surface area contributed by atoms with Crippen LogP contribution in [0.15, 0.2) is 71.6 Å². The summed E-state index contributed by atoms with van der Waals surface area (Å²) in [5, 5.41) is 0. The Morgan fingerprint density at radius 3 is 2.53 bits per heavy atom. The van der Waals surface area contributed by atoms with Crippen molar-refractivity contribution < 1.29 is 14.0 Å². The second-order valence-corrected chi connectivity index (χ2v) is 8.58. The van der Waals surface area contributed by atoms with Gasteiger partial charge in [-0.05, 0) is 48.2 Å². The van der Waals surface area contributed by atoms with Crippen LogP contribution >= 0.6 is 0 Å². The fourth-order valence-corrected chi connectivity index (χ4v) is 4.81. The molecule has 0 aliphatic carbocycles. The summed E-state index contributed by atoms with van der Waals surface area (Å²) in [6, 6.07) is 15.7. The number of piperidine rings is 1. The lowest BCUT2D eigenvalue weighted by molar-refractivity contribution is -0.135. The maximum atomic E-state index is 13.4. The Morgan fingerprint density at radius 2 is 1.81 bits per heavy atom. The van der Waals surface area contributed by atoms with Crippen LogP contribution in [-0.4, -0.2) is 57.3 Å². The van der Waals surface area contributed by atoms with Crippen molar-refractivity contribution in [3.63, 3.8) is 0 Å². The van der Waals surface area contributed by atoms with Gasteiger partial charge in [-0.25, -0.2) is 4.79 Å². The van der Waals surface area contributed by atoms with E-state index in [2.05, 4.69) is 22.0 Å². The Kier molecular flexibility index (Phi) is 5.27. The van der Waals surface area contributed by atoms with E-state index < -0.39 is 5.54 Å². The molecule has 2 aliphatic rings. The van der Waals surface area contributed by atoms with Gasteiger partial charge >= 0.3 is 6.03 Å². The number of furan rings is 1. The van der Waals surface area contributed by atoms with Gasteiger partial charge in [-0.15, -0.1) is 0 Å². The van der Waals surface area contributed by atoms with E-state index in [-0.39, 0.29) is 18.5 Å². The smallest absolute Gasteiger partial charge is 0.327 e. The van der Waals surface area contributed by atoms with Crippen LogP contribution in [0.5, 0.6) is 0 Å². The number of pyridine rings is 1. The van der Waals surface area contributed by atoms with Gasteiger partial charge in [-0.1, -0.05) is 24.3 Å². The minimum absolute atomic E-state index is 0.0895. The molecule has 0 atom stereocenters. The number of urea groups is 1.